The van der Waals surface area contributed by atoms with Crippen LogP contribution in [0.4, 0.5) is 9.52 Å². The molecule has 0 aliphatic rings. The molecule has 0 radical (unpaired) electrons. The zero-order chi connectivity index (χ0) is 19.5. The third kappa shape index (κ3) is 3.63. The van der Waals surface area contributed by atoms with Crippen LogP contribution in [-0.2, 0) is 11.2 Å². The largest absolute Gasteiger partial charge is 0.354 e. The topological polar surface area (TPSA) is 81.6 Å². The van der Waals surface area contributed by atoms with Crippen LogP contribution >= 0.6 is 11.3 Å². The van der Waals surface area contributed by atoms with Crippen LogP contribution in [0.15, 0.2) is 54.7 Å². The molecule has 2 heterocycles. The predicted octanol–water partition coefficient (Wildman–Crippen LogP) is 4.87. The number of nitrogens with zero attached hydrogens (tertiary/aromatic N) is 2. The first kappa shape index (κ1) is 17.9. The Morgan fingerprint density at radius 2 is 2.00 bits per heavy atom. The number of hydrogen-bond acceptors (Lipinski definition) is 4. The maximum atomic E-state index is 13.3. The third-order valence-corrected chi connectivity index (χ3v) is 5.23. The number of hydrogen-bond donors (Lipinski definition) is 2. The molecule has 0 saturated heterocycles. The fourth-order valence-electron chi connectivity index (χ4n) is 3.13. The summed E-state index contributed by atoms with van der Waals surface area (Å²) in [7, 11) is 0. The summed E-state index contributed by atoms with van der Waals surface area (Å²) in [6.07, 6.45) is 2.21. The van der Waals surface area contributed by atoms with Crippen LogP contribution in [0.1, 0.15) is 16.9 Å². The third-order valence-electron chi connectivity index (χ3n) is 4.41. The molecule has 5 nitrogen and oxygen atoms in total. The van der Waals surface area contributed by atoms with Crippen LogP contribution in [0.3, 0.4) is 0 Å². The highest BCUT2D eigenvalue weighted by molar-refractivity contribution is 7.16. The Bertz CT molecular complexity index is 1190. The minimum Gasteiger partial charge on any atom is -0.354 e. The Morgan fingerprint density at radius 3 is 2.75 bits per heavy atom. The van der Waals surface area contributed by atoms with Gasteiger partial charge < -0.3 is 10.3 Å². The molecule has 0 aliphatic carbocycles. The highest BCUT2D eigenvalue weighted by Gasteiger charge is 2.15. The Balaban J connectivity index is 1.58. The van der Waals surface area contributed by atoms with Gasteiger partial charge in [-0.15, -0.1) is 0 Å². The van der Waals surface area contributed by atoms with Crippen LogP contribution in [0.5, 0.6) is 0 Å². The number of nitrogens with one attached hydrogen (secondary N) is 2. The summed E-state index contributed by atoms with van der Waals surface area (Å²) in [6.45, 7) is 0. The van der Waals surface area contributed by atoms with Crippen LogP contribution < -0.4 is 5.32 Å². The normalized spacial score (nSPS) is 10.7. The lowest BCUT2D eigenvalue weighted by molar-refractivity contribution is -0.116. The second kappa shape index (κ2) is 7.62. The fraction of sp³-hybridized carbons (Fsp3) is 0.0952. The van der Waals surface area contributed by atoms with Crippen LogP contribution in [0.25, 0.3) is 22.2 Å². The molecule has 1 amide bonds. The molecule has 2 N–H and O–H groups in total. The minimum absolute atomic E-state index is 0.172. The zero-order valence-electron chi connectivity index (χ0n) is 14.7. The quantitative estimate of drug-likeness (QED) is 0.510. The van der Waals surface area contributed by atoms with E-state index in [0.29, 0.717) is 16.4 Å². The molecule has 4 aromatic rings. The van der Waals surface area contributed by atoms with E-state index in [0.717, 1.165) is 39.1 Å². The van der Waals surface area contributed by atoms with Crippen molar-refractivity contribution in [2.45, 2.75) is 12.8 Å². The maximum absolute atomic E-state index is 13.3. The van der Waals surface area contributed by atoms with E-state index < -0.39 is 0 Å². The number of halogens is 1. The number of nitriles is 1. The van der Waals surface area contributed by atoms with Gasteiger partial charge in [-0.2, -0.15) is 5.26 Å². The molecule has 0 saturated carbocycles. The second-order valence-electron chi connectivity index (χ2n) is 6.22. The van der Waals surface area contributed by atoms with E-state index in [2.05, 4.69) is 15.3 Å². The number of benzene rings is 2. The number of anilines is 1. The average Bonchev–Trinajstić information content (AvgIpc) is 3.31. The maximum Gasteiger partial charge on any atom is 0.226 e. The first-order valence-electron chi connectivity index (χ1n) is 8.65. The lowest BCUT2D eigenvalue weighted by Gasteiger charge is -2.06. The smallest absolute Gasteiger partial charge is 0.226 e. The number of aromatic amines is 1. The van der Waals surface area contributed by atoms with Crippen molar-refractivity contribution in [2.75, 3.05) is 5.32 Å². The van der Waals surface area contributed by atoms with E-state index in [1.165, 1.54) is 18.3 Å². The van der Waals surface area contributed by atoms with E-state index in [9.17, 15) is 9.18 Å². The van der Waals surface area contributed by atoms with Crippen LogP contribution in [-0.4, -0.2) is 15.9 Å². The molecule has 0 spiro atoms. The number of fused-ring (bicyclic) bond motifs is 1. The molecule has 0 bridgehead atoms. The molecule has 0 fully saturated rings. The lowest BCUT2D eigenvalue weighted by Crippen LogP contribution is -2.12. The molecule has 138 valence electrons. The van der Waals surface area contributed by atoms with Gasteiger partial charge in [-0.05, 0) is 47.9 Å². The predicted molar refractivity (Wildman–Crippen MR) is 107 cm³/mol. The summed E-state index contributed by atoms with van der Waals surface area (Å²) in [4.78, 5) is 20.2. The van der Waals surface area contributed by atoms with E-state index in [-0.39, 0.29) is 18.1 Å². The van der Waals surface area contributed by atoms with Crippen LogP contribution in [0.2, 0.25) is 0 Å². The molecule has 0 aliphatic heterocycles. The summed E-state index contributed by atoms with van der Waals surface area (Å²) >= 11 is 1.14. The summed E-state index contributed by atoms with van der Waals surface area (Å²) in [5.41, 5.74) is 3.73. The van der Waals surface area contributed by atoms with Gasteiger partial charge in [0.1, 0.15) is 16.8 Å². The van der Waals surface area contributed by atoms with Crippen molar-refractivity contribution in [2.24, 2.45) is 0 Å². The Morgan fingerprint density at radius 1 is 1.21 bits per heavy atom. The van der Waals surface area contributed by atoms with Crippen molar-refractivity contribution in [3.05, 3.63) is 71.0 Å². The fourth-order valence-corrected chi connectivity index (χ4v) is 3.76. The number of para-hydroxylation sites is 1. The van der Waals surface area contributed by atoms with Gasteiger partial charge in [-0.25, -0.2) is 9.37 Å². The number of carbonyl (C=O) groups is 1. The molecular weight excluding hydrogens is 375 g/mol. The van der Waals surface area contributed by atoms with Gasteiger partial charge in [-0.1, -0.05) is 29.5 Å². The van der Waals surface area contributed by atoms with Gasteiger partial charge >= 0.3 is 0 Å². The first-order chi connectivity index (χ1) is 13.6. The Labute approximate surface area is 164 Å². The monoisotopic (exact) mass is 390 g/mol. The number of aromatic nitrogens is 2. The number of thiazole rings is 1. The van der Waals surface area contributed by atoms with Gasteiger partial charge in [0.2, 0.25) is 5.91 Å². The summed E-state index contributed by atoms with van der Waals surface area (Å²) < 4.78 is 13.3. The Kier molecular flexibility index (Phi) is 4.87. The van der Waals surface area contributed by atoms with Crippen molar-refractivity contribution in [3.63, 3.8) is 0 Å². The van der Waals surface area contributed by atoms with Gasteiger partial charge in [0.15, 0.2) is 5.13 Å². The molecule has 28 heavy (non-hydrogen) atoms. The highest BCUT2D eigenvalue weighted by Crippen LogP contribution is 2.31. The molecule has 4 rings (SSSR count). The standard InChI is InChI=1S/C21H15FN4OS/c22-14-7-5-13(6-8-14)20-17(16-3-1-2-4-18(16)25-20)9-10-19(27)26-21-24-12-15(11-23)28-21/h1-8,12,25H,9-10H2,(H,24,26,27). The van der Waals surface area contributed by atoms with Crippen molar-refractivity contribution in [3.8, 4) is 17.3 Å². The van der Waals surface area contributed by atoms with Crippen molar-refractivity contribution in [1.82, 2.24) is 9.97 Å². The summed E-state index contributed by atoms with van der Waals surface area (Å²) in [5.74, 6) is -0.463. The lowest BCUT2D eigenvalue weighted by atomic mass is 10.0. The number of H-pyrrole nitrogens is 1. The average molecular weight is 390 g/mol. The molecular formula is C21H15FN4OS. The van der Waals surface area contributed by atoms with Gasteiger partial charge in [0.25, 0.3) is 0 Å². The van der Waals surface area contributed by atoms with Gasteiger partial charge in [0.05, 0.1) is 6.20 Å². The first-order valence-corrected chi connectivity index (χ1v) is 9.47. The highest BCUT2D eigenvalue weighted by atomic mass is 32.1. The Hall–Kier alpha value is -3.50. The molecule has 0 unspecified atom stereocenters. The zero-order valence-corrected chi connectivity index (χ0v) is 15.5. The van der Waals surface area contributed by atoms with E-state index in [1.807, 2.05) is 30.3 Å². The van der Waals surface area contributed by atoms with E-state index in [4.69, 9.17) is 5.26 Å². The van der Waals surface area contributed by atoms with Crippen molar-refractivity contribution < 1.29 is 9.18 Å². The van der Waals surface area contributed by atoms with Gasteiger partial charge in [-0.3, -0.25) is 4.79 Å². The van der Waals surface area contributed by atoms with E-state index >= 15 is 0 Å². The van der Waals surface area contributed by atoms with Crippen molar-refractivity contribution >= 4 is 33.3 Å². The van der Waals surface area contributed by atoms with E-state index in [1.54, 1.807) is 12.1 Å². The summed E-state index contributed by atoms with van der Waals surface area (Å²) in [5, 5.41) is 13.0. The van der Waals surface area contributed by atoms with Crippen molar-refractivity contribution in [1.29, 1.82) is 5.26 Å². The molecule has 7 heteroatoms. The molecule has 2 aromatic carbocycles. The number of amides is 1. The van der Waals surface area contributed by atoms with Gasteiger partial charge in [0, 0.05) is 23.0 Å². The SMILES string of the molecule is N#Cc1cnc(NC(=O)CCc2c(-c3ccc(F)cc3)[nH]c3ccccc23)s1. The molecule has 0 atom stereocenters. The molecule has 2 aromatic heterocycles. The number of aryl methyl sites for hydroxylation is 1. The number of carbonyl (C=O) groups excluding carboxylic acids is 1. The van der Waals surface area contributed by atoms with Crippen LogP contribution in [0, 0.1) is 17.1 Å². The summed E-state index contributed by atoms with van der Waals surface area (Å²) in [6, 6.07) is 16.2. The minimum atomic E-state index is -0.291. The second-order valence-corrected chi connectivity index (χ2v) is 7.25. The number of rotatable bonds is 5.